The molecule has 0 unspecified atom stereocenters. The van der Waals surface area contributed by atoms with Crippen LogP contribution in [0.1, 0.15) is 33.3 Å². The summed E-state index contributed by atoms with van der Waals surface area (Å²) in [6.07, 6.45) is 1.50. The number of hydrogen-bond donors (Lipinski definition) is 1. The molecule has 0 atom stereocenters. The molecule has 1 aromatic heterocycles. The van der Waals surface area contributed by atoms with Gasteiger partial charge in [-0.15, -0.1) is 0 Å². The van der Waals surface area contributed by atoms with E-state index in [1.807, 2.05) is 46.8 Å². The van der Waals surface area contributed by atoms with Crippen molar-refractivity contribution in [3.63, 3.8) is 0 Å². The molecule has 1 saturated heterocycles. The van der Waals surface area contributed by atoms with Crippen molar-refractivity contribution >= 4 is 35.8 Å². The monoisotopic (exact) mass is 375 g/mol. The number of hydrogen-bond acceptors (Lipinski definition) is 6. The molecule has 0 amide bonds. The van der Waals surface area contributed by atoms with Crippen molar-refractivity contribution in [3.05, 3.63) is 35.0 Å². The van der Waals surface area contributed by atoms with Crippen molar-refractivity contribution in [1.82, 2.24) is 9.97 Å². The van der Waals surface area contributed by atoms with E-state index in [0.29, 0.717) is 16.9 Å². The van der Waals surface area contributed by atoms with Gasteiger partial charge in [0.1, 0.15) is 5.02 Å². The Hall–Kier alpha value is -1.83. The maximum absolute atomic E-state index is 6.14. The van der Waals surface area contributed by atoms with Gasteiger partial charge in [-0.25, -0.2) is 4.98 Å². The smallest absolute Gasteiger partial charge is 0.480 e. The lowest BCUT2D eigenvalue weighted by atomic mass is 9.78. The summed E-state index contributed by atoms with van der Waals surface area (Å²) in [5.41, 5.74) is 2.07. The molecule has 2 aromatic rings. The molecule has 1 fully saturated rings. The first kappa shape index (κ1) is 19.0. The molecule has 0 spiro atoms. The second kappa shape index (κ2) is 6.72. The Kier molecular flexibility index (Phi) is 4.90. The van der Waals surface area contributed by atoms with Crippen molar-refractivity contribution in [2.45, 2.75) is 45.8 Å². The zero-order valence-corrected chi connectivity index (χ0v) is 16.6. The van der Waals surface area contributed by atoms with E-state index in [0.717, 1.165) is 16.7 Å². The lowest BCUT2D eigenvalue weighted by Gasteiger charge is -2.32. The lowest BCUT2D eigenvalue weighted by molar-refractivity contribution is 0.00578. The predicted molar refractivity (Wildman–Crippen MR) is 104 cm³/mol. The van der Waals surface area contributed by atoms with Gasteiger partial charge < -0.3 is 19.4 Å². The molecular formula is C18H23BClN3O3. The number of benzene rings is 1. The highest BCUT2D eigenvalue weighted by Gasteiger charge is 2.51. The quantitative estimate of drug-likeness (QED) is 0.825. The summed E-state index contributed by atoms with van der Waals surface area (Å²) in [5, 5.41) is 3.54. The second-order valence-corrected chi connectivity index (χ2v) is 7.80. The molecule has 8 heteroatoms. The number of anilines is 2. The van der Waals surface area contributed by atoms with Crippen LogP contribution in [0.25, 0.3) is 0 Å². The number of nitrogens with zero attached hydrogens (tertiary/aromatic N) is 2. The van der Waals surface area contributed by atoms with E-state index < -0.39 is 7.12 Å². The van der Waals surface area contributed by atoms with Gasteiger partial charge in [0, 0.05) is 5.69 Å². The van der Waals surface area contributed by atoms with E-state index in [2.05, 4.69) is 21.4 Å². The Bertz CT molecular complexity index is 813. The van der Waals surface area contributed by atoms with Crippen LogP contribution in [0.3, 0.4) is 0 Å². The SMILES string of the molecule is COc1nc(Nc2cc(C)cc(B3OC(C)(C)C(C)(C)O3)c2)ncc1Cl. The van der Waals surface area contributed by atoms with Crippen LogP contribution in [0, 0.1) is 6.92 Å². The minimum atomic E-state index is -0.430. The van der Waals surface area contributed by atoms with Crippen LogP contribution >= 0.6 is 11.6 Å². The van der Waals surface area contributed by atoms with Crippen molar-refractivity contribution in [2.75, 3.05) is 12.4 Å². The van der Waals surface area contributed by atoms with Crippen LogP contribution in [0.5, 0.6) is 5.88 Å². The average molecular weight is 376 g/mol. The summed E-state index contributed by atoms with van der Waals surface area (Å²) >= 11 is 5.98. The van der Waals surface area contributed by atoms with Crippen LogP contribution in [0.15, 0.2) is 24.4 Å². The normalized spacial score (nSPS) is 18.0. The number of aromatic nitrogens is 2. The van der Waals surface area contributed by atoms with Gasteiger partial charge in [0.25, 0.3) is 0 Å². The van der Waals surface area contributed by atoms with Gasteiger partial charge in [-0.05, 0) is 57.8 Å². The minimum Gasteiger partial charge on any atom is -0.480 e. The average Bonchev–Trinajstić information content (AvgIpc) is 2.77. The minimum absolute atomic E-state index is 0.322. The number of ether oxygens (including phenoxy) is 1. The molecule has 26 heavy (non-hydrogen) atoms. The highest BCUT2D eigenvalue weighted by Crippen LogP contribution is 2.36. The van der Waals surface area contributed by atoms with Crippen LogP contribution in [0.2, 0.25) is 5.02 Å². The van der Waals surface area contributed by atoms with Gasteiger partial charge in [-0.2, -0.15) is 4.98 Å². The maximum atomic E-state index is 6.14. The lowest BCUT2D eigenvalue weighted by Crippen LogP contribution is -2.41. The van der Waals surface area contributed by atoms with Crippen molar-refractivity contribution in [3.8, 4) is 5.88 Å². The van der Waals surface area contributed by atoms with Crippen LogP contribution in [-0.2, 0) is 9.31 Å². The molecule has 0 radical (unpaired) electrons. The zero-order chi connectivity index (χ0) is 19.1. The van der Waals surface area contributed by atoms with Gasteiger partial charge in [0.15, 0.2) is 0 Å². The van der Waals surface area contributed by atoms with E-state index in [-0.39, 0.29) is 11.2 Å². The Labute approximate surface area is 159 Å². The molecule has 0 saturated carbocycles. The van der Waals surface area contributed by atoms with E-state index >= 15 is 0 Å². The Morgan fingerprint density at radius 3 is 2.38 bits per heavy atom. The third-order valence-electron chi connectivity index (χ3n) is 4.79. The van der Waals surface area contributed by atoms with E-state index in [1.54, 1.807) is 0 Å². The van der Waals surface area contributed by atoms with Crippen LogP contribution in [-0.4, -0.2) is 35.4 Å². The standard InChI is InChI=1S/C18H23BClN3O3/c1-11-7-12(19-25-17(2,3)18(4,5)26-19)9-13(8-11)22-16-21-10-14(20)15(23-16)24-6/h7-10H,1-6H3,(H,21,22,23). The van der Waals surface area contributed by atoms with Gasteiger partial charge >= 0.3 is 7.12 Å². The van der Waals surface area contributed by atoms with E-state index in [4.69, 9.17) is 25.6 Å². The number of rotatable bonds is 4. The van der Waals surface area contributed by atoms with Gasteiger partial charge in [-0.1, -0.05) is 17.7 Å². The molecule has 1 aromatic carbocycles. The molecule has 0 bridgehead atoms. The second-order valence-electron chi connectivity index (χ2n) is 7.40. The summed E-state index contributed by atoms with van der Waals surface area (Å²) in [6.45, 7) is 10.2. The largest absolute Gasteiger partial charge is 0.494 e. The topological polar surface area (TPSA) is 65.5 Å². The molecule has 2 heterocycles. The number of aryl methyl sites for hydroxylation is 1. The Balaban J connectivity index is 1.87. The molecular weight excluding hydrogens is 352 g/mol. The van der Waals surface area contributed by atoms with Crippen LogP contribution < -0.4 is 15.5 Å². The van der Waals surface area contributed by atoms with Gasteiger partial charge in [-0.3, -0.25) is 0 Å². The highest BCUT2D eigenvalue weighted by molar-refractivity contribution is 6.62. The third-order valence-corrected chi connectivity index (χ3v) is 5.05. The summed E-state index contributed by atoms with van der Waals surface area (Å²) in [4.78, 5) is 8.44. The summed E-state index contributed by atoms with van der Waals surface area (Å²) in [5.74, 6) is 0.722. The number of halogens is 1. The van der Waals surface area contributed by atoms with E-state index in [9.17, 15) is 0 Å². The fraction of sp³-hybridized carbons (Fsp3) is 0.444. The molecule has 1 aliphatic heterocycles. The third kappa shape index (κ3) is 3.65. The number of methoxy groups -OCH3 is 1. The fourth-order valence-electron chi connectivity index (χ4n) is 2.68. The molecule has 138 valence electrons. The first-order valence-electron chi connectivity index (χ1n) is 8.42. The molecule has 1 N–H and O–H groups in total. The Morgan fingerprint density at radius 2 is 1.77 bits per heavy atom. The fourth-order valence-corrected chi connectivity index (χ4v) is 2.85. The summed E-state index contributed by atoms with van der Waals surface area (Å²) in [7, 11) is 1.09. The first-order valence-corrected chi connectivity index (χ1v) is 8.80. The van der Waals surface area contributed by atoms with Crippen molar-refractivity contribution in [2.24, 2.45) is 0 Å². The van der Waals surface area contributed by atoms with Crippen molar-refractivity contribution < 1.29 is 14.0 Å². The first-order chi connectivity index (χ1) is 12.1. The highest BCUT2D eigenvalue weighted by atomic mass is 35.5. The number of nitrogens with one attached hydrogen (secondary N) is 1. The Morgan fingerprint density at radius 1 is 1.12 bits per heavy atom. The van der Waals surface area contributed by atoms with Crippen LogP contribution in [0.4, 0.5) is 11.6 Å². The molecule has 0 aliphatic carbocycles. The predicted octanol–water partition coefficient (Wildman–Crippen LogP) is 3.49. The van der Waals surface area contributed by atoms with Gasteiger partial charge in [0.05, 0.1) is 24.5 Å². The van der Waals surface area contributed by atoms with Crippen molar-refractivity contribution in [1.29, 1.82) is 0 Å². The molecule has 1 aliphatic rings. The van der Waals surface area contributed by atoms with E-state index in [1.165, 1.54) is 13.3 Å². The molecule has 6 nitrogen and oxygen atoms in total. The summed E-state index contributed by atoms with van der Waals surface area (Å²) < 4.78 is 17.4. The van der Waals surface area contributed by atoms with Gasteiger partial charge in [0.2, 0.25) is 11.8 Å². The zero-order valence-electron chi connectivity index (χ0n) is 15.9. The molecule has 3 rings (SSSR count). The maximum Gasteiger partial charge on any atom is 0.494 e. The summed E-state index contributed by atoms with van der Waals surface area (Å²) in [6, 6.07) is 6.02.